The second-order valence-corrected chi connectivity index (χ2v) is 1.51. The van der Waals surface area contributed by atoms with Gasteiger partial charge < -0.3 is 9.57 Å². The number of carbonyl (C=O) groups is 1. The molecule has 0 fully saturated rings. The van der Waals surface area contributed by atoms with E-state index >= 15 is 0 Å². The summed E-state index contributed by atoms with van der Waals surface area (Å²) >= 11 is 0. The first-order valence-corrected chi connectivity index (χ1v) is 3.01. The topological polar surface area (TPSA) is 47.9 Å². The van der Waals surface area contributed by atoms with Crippen LogP contribution in [0.5, 0.6) is 0 Å². The van der Waals surface area contributed by atoms with E-state index in [9.17, 15) is 4.79 Å². The summed E-state index contributed by atoms with van der Waals surface area (Å²) in [4.78, 5) is 14.8. The van der Waals surface area contributed by atoms with Crippen molar-refractivity contribution in [2.45, 2.75) is 13.3 Å². The molecule has 4 nitrogen and oxygen atoms in total. The molecule has 0 unspecified atom stereocenters. The zero-order chi connectivity index (χ0) is 7.82. The third-order valence-corrected chi connectivity index (χ3v) is 0.787. The fourth-order valence-corrected chi connectivity index (χ4v) is 0.337. The van der Waals surface area contributed by atoms with Crippen LogP contribution < -0.4 is 0 Å². The smallest absolute Gasteiger partial charge is 0.305 e. The number of nitrogens with zero attached hydrogens (tertiary/aromatic N) is 1. The lowest BCUT2D eigenvalue weighted by molar-refractivity contribution is -0.141. The SMILES string of the molecule is CCC(=O)OC/C=N\OC. The van der Waals surface area contributed by atoms with Crippen molar-refractivity contribution in [2.75, 3.05) is 13.7 Å². The van der Waals surface area contributed by atoms with Crippen molar-refractivity contribution >= 4 is 12.2 Å². The Kier molecular flexibility index (Phi) is 5.42. The van der Waals surface area contributed by atoms with Gasteiger partial charge in [0.2, 0.25) is 0 Å². The molecule has 0 aliphatic rings. The van der Waals surface area contributed by atoms with Crippen LogP contribution in [0.15, 0.2) is 5.16 Å². The third-order valence-electron chi connectivity index (χ3n) is 0.787. The van der Waals surface area contributed by atoms with E-state index in [1.54, 1.807) is 6.92 Å². The molecular formula is C6H11NO3. The van der Waals surface area contributed by atoms with Crippen LogP contribution in [0.25, 0.3) is 0 Å². The summed E-state index contributed by atoms with van der Waals surface area (Å²) in [5, 5.41) is 3.38. The van der Waals surface area contributed by atoms with Crippen molar-refractivity contribution in [1.82, 2.24) is 0 Å². The van der Waals surface area contributed by atoms with Crippen molar-refractivity contribution in [3.05, 3.63) is 0 Å². The van der Waals surface area contributed by atoms with Crippen molar-refractivity contribution in [3.8, 4) is 0 Å². The highest BCUT2D eigenvalue weighted by Crippen LogP contribution is 1.81. The van der Waals surface area contributed by atoms with Gasteiger partial charge in [0.1, 0.15) is 13.7 Å². The molecule has 0 bridgehead atoms. The van der Waals surface area contributed by atoms with E-state index in [1.807, 2.05) is 0 Å². The standard InChI is InChI=1S/C6H11NO3/c1-3-6(8)10-5-4-7-9-2/h4H,3,5H2,1-2H3/b7-4-. The first-order valence-electron chi connectivity index (χ1n) is 3.01. The van der Waals surface area contributed by atoms with Gasteiger partial charge in [-0.25, -0.2) is 0 Å². The number of ether oxygens (including phenoxy) is 1. The minimum atomic E-state index is -0.234. The summed E-state index contributed by atoms with van der Waals surface area (Å²) in [6, 6.07) is 0. The molecule has 0 aliphatic carbocycles. The molecule has 0 aromatic rings. The lowest BCUT2D eigenvalue weighted by Gasteiger charge is -1.95. The maximum Gasteiger partial charge on any atom is 0.305 e. The molecular weight excluding hydrogens is 134 g/mol. The predicted molar refractivity (Wildman–Crippen MR) is 36.8 cm³/mol. The van der Waals surface area contributed by atoms with Crippen LogP contribution >= 0.6 is 0 Å². The third kappa shape index (κ3) is 5.08. The molecule has 0 aliphatic heterocycles. The highest BCUT2D eigenvalue weighted by atomic mass is 16.6. The second kappa shape index (κ2) is 6.07. The van der Waals surface area contributed by atoms with Gasteiger partial charge in [0.05, 0.1) is 6.21 Å². The van der Waals surface area contributed by atoms with E-state index in [0.717, 1.165) is 0 Å². The van der Waals surface area contributed by atoms with Crippen LogP contribution in [0.3, 0.4) is 0 Å². The highest BCUT2D eigenvalue weighted by molar-refractivity contribution is 5.71. The molecule has 0 aromatic heterocycles. The Balaban J connectivity index is 3.19. The van der Waals surface area contributed by atoms with Crippen molar-refractivity contribution in [1.29, 1.82) is 0 Å². The fraction of sp³-hybridized carbons (Fsp3) is 0.667. The largest absolute Gasteiger partial charge is 0.460 e. The molecule has 0 aromatic carbocycles. The summed E-state index contributed by atoms with van der Waals surface area (Å²) in [6.07, 6.45) is 1.77. The van der Waals surface area contributed by atoms with Gasteiger partial charge in [-0.1, -0.05) is 12.1 Å². The van der Waals surface area contributed by atoms with E-state index in [2.05, 4.69) is 14.7 Å². The van der Waals surface area contributed by atoms with Crippen molar-refractivity contribution in [3.63, 3.8) is 0 Å². The fourth-order valence-electron chi connectivity index (χ4n) is 0.337. The molecule has 0 radical (unpaired) electrons. The lowest BCUT2D eigenvalue weighted by Crippen LogP contribution is -2.04. The summed E-state index contributed by atoms with van der Waals surface area (Å²) in [5.41, 5.74) is 0. The molecule has 4 heteroatoms. The first-order chi connectivity index (χ1) is 4.81. The van der Waals surface area contributed by atoms with E-state index in [0.29, 0.717) is 6.42 Å². The van der Waals surface area contributed by atoms with Crippen LogP contribution in [0.1, 0.15) is 13.3 Å². The number of oxime groups is 1. The Morgan fingerprint density at radius 3 is 2.90 bits per heavy atom. The molecule has 0 saturated heterocycles. The molecule has 0 rings (SSSR count). The van der Waals surface area contributed by atoms with E-state index < -0.39 is 0 Å². The van der Waals surface area contributed by atoms with E-state index in [-0.39, 0.29) is 12.6 Å². The van der Waals surface area contributed by atoms with Gasteiger partial charge in [-0.3, -0.25) is 4.79 Å². The van der Waals surface area contributed by atoms with Gasteiger partial charge in [0, 0.05) is 6.42 Å². The maximum absolute atomic E-state index is 10.5. The Hall–Kier alpha value is -1.06. The number of hydrogen-bond donors (Lipinski definition) is 0. The van der Waals surface area contributed by atoms with Crippen molar-refractivity contribution < 1.29 is 14.4 Å². The second-order valence-electron chi connectivity index (χ2n) is 1.51. The predicted octanol–water partition coefficient (Wildman–Crippen LogP) is 0.572. The maximum atomic E-state index is 10.5. The zero-order valence-electron chi connectivity index (χ0n) is 6.16. The monoisotopic (exact) mass is 145 g/mol. The van der Waals surface area contributed by atoms with Crippen LogP contribution in [-0.4, -0.2) is 25.9 Å². The number of esters is 1. The summed E-state index contributed by atoms with van der Waals surface area (Å²) in [6.45, 7) is 1.91. The van der Waals surface area contributed by atoms with Crippen LogP contribution in [-0.2, 0) is 14.4 Å². The normalized spacial score (nSPS) is 9.80. The average molecular weight is 145 g/mol. The Bertz CT molecular complexity index is 122. The van der Waals surface area contributed by atoms with Gasteiger partial charge in [0.15, 0.2) is 0 Å². The highest BCUT2D eigenvalue weighted by Gasteiger charge is 1.93. The summed E-state index contributed by atoms with van der Waals surface area (Å²) in [7, 11) is 1.43. The Labute approximate surface area is 59.8 Å². The molecule has 0 saturated carbocycles. The zero-order valence-corrected chi connectivity index (χ0v) is 6.16. The Morgan fingerprint density at radius 2 is 2.40 bits per heavy atom. The number of hydrogen-bond acceptors (Lipinski definition) is 4. The molecule has 0 spiro atoms. The van der Waals surface area contributed by atoms with Gasteiger partial charge >= 0.3 is 5.97 Å². The van der Waals surface area contributed by atoms with Gasteiger partial charge in [-0.15, -0.1) is 0 Å². The minimum absolute atomic E-state index is 0.181. The van der Waals surface area contributed by atoms with Gasteiger partial charge in [-0.05, 0) is 0 Å². The molecule has 10 heavy (non-hydrogen) atoms. The van der Waals surface area contributed by atoms with E-state index in [1.165, 1.54) is 13.3 Å². The van der Waals surface area contributed by atoms with Gasteiger partial charge in [-0.2, -0.15) is 0 Å². The molecule has 0 N–H and O–H groups in total. The number of carbonyl (C=O) groups excluding carboxylic acids is 1. The quantitative estimate of drug-likeness (QED) is 0.330. The van der Waals surface area contributed by atoms with Crippen LogP contribution in [0, 0.1) is 0 Å². The minimum Gasteiger partial charge on any atom is -0.460 e. The van der Waals surface area contributed by atoms with E-state index in [4.69, 9.17) is 0 Å². The van der Waals surface area contributed by atoms with Crippen molar-refractivity contribution in [2.24, 2.45) is 5.16 Å². The number of rotatable bonds is 4. The van der Waals surface area contributed by atoms with Gasteiger partial charge in [0.25, 0.3) is 0 Å². The summed E-state index contributed by atoms with van der Waals surface area (Å²) < 4.78 is 4.62. The molecule has 58 valence electrons. The Morgan fingerprint density at radius 1 is 1.70 bits per heavy atom. The average Bonchev–Trinajstić information content (AvgIpc) is 1.98. The van der Waals surface area contributed by atoms with Crippen LogP contribution in [0.4, 0.5) is 0 Å². The lowest BCUT2D eigenvalue weighted by atomic mass is 10.5. The molecule has 0 heterocycles. The molecule has 0 atom stereocenters. The first kappa shape index (κ1) is 8.94. The summed E-state index contributed by atoms with van der Waals surface area (Å²) in [5.74, 6) is -0.234. The van der Waals surface area contributed by atoms with Crippen LogP contribution in [0.2, 0.25) is 0 Å². The molecule has 0 amide bonds.